The molecule has 3 rings (SSSR count). The van der Waals surface area contributed by atoms with Gasteiger partial charge in [-0.2, -0.15) is 4.68 Å². The Morgan fingerprint density at radius 3 is 2.70 bits per heavy atom. The van der Waals surface area contributed by atoms with Crippen molar-refractivity contribution in [1.29, 1.82) is 0 Å². The highest BCUT2D eigenvalue weighted by molar-refractivity contribution is 7.98. The van der Waals surface area contributed by atoms with Crippen LogP contribution in [0.15, 0.2) is 47.6 Å². The number of hydrogen-bond donors (Lipinski definition) is 0. The Hall–Kier alpha value is -2.12. The Morgan fingerprint density at radius 1 is 1.22 bits per heavy atom. The fourth-order valence-electron chi connectivity index (χ4n) is 1.96. The van der Waals surface area contributed by atoms with Crippen molar-refractivity contribution >= 4 is 23.4 Å². The molecule has 5 nitrogen and oxygen atoms in total. The summed E-state index contributed by atoms with van der Waals surface area (Å²) in [5.41, 5.74) is 1.22. The molecule has 0 saturated heterocycles. The molecule has 0 atom stereocenters. The molecule has 0 N–H and O–H groups in total. The van der Waals surface area contributed by atoms with Gasteiger partial charge in [-0.3, -0.25) is 0 Å². The van der Waals surface area contributed by atoms with Crippen LogP contribution in [0.4, 0.5) is 4.39 Å². The second-order valence-corrected chi connectivity index (χ2v) is 5.91. The number of ether oxygens (including phenoxy) is 1. The molecule has 0 aliphatic rings. The zero-order valence-electron chi connectivity index (χ0n) is 12.1. The summed E-state index contributed by atoms with van der Waals surface area (Å²) in [6, 6.07) is 11.9. The van der Waals surface area contributed by atoms with E-state index >= 15 is 0 Å². The largest absolute Gasteiger partial charge is 0.497 e. The Labute approximate surface area is 141 Å². The Kier molecular flexibility index (Phi) is 4.78. The quantitative estimate of drug-likeness (QED) is 0.656. The minimum Gasteiger partial charge on any atom is -0.497 e. The van der Waals surface area contributed by atoms with Crippen LogP contribution in [0.1, 0.15) is 5.56 Å². The van der Waals surface area contributed by atoms with Gasteiger partial charge >= 0.3 is 0 Å². The van der Waals surface area contributed by atoms with Gasteiger partial charge in [0.15, 0.2) is 0 Å². The third kappa shape index (κ3) is 3.46. The van der Waals surface area contributed by atoms with Crippen LogP contribution in [-0.4, -0.2) is 27.3 Å². The third-order valence-electron chi connectivity index (χ3n) is 3.17. The van der Waals surface area contributed by atoms with Crippen LogP contribution in [0, 0.1) is 5.82 Å². The number of halogens is 2. The molecule has 1 heterocycles. The number of methoxy groups -OCH3 is 1. The summed E-state index contributed by atoms with van der Waals surface area (Å²) < 4.78 is 20.5. The van der Waals surface area contributed by atoms with E-state index < -0.39 is 0 Å². The lowest BCUT2D eigenvalue weighted by molar-refractivity contribution is 0.414. The predicted molar refractivity (Wildman–Crippen MR) is 86.7 cm³/mol. The molecule has 2 aromatic carbocycles. The van der Waals surface area contributed by atoms with Gasteiger partial charge in [0.25, 0.3) is 0 Å². The van der Waals surface area contributed by atoms with Gasteiger partial charge in [0.2, 0.25) is 5.16 Å². The molecule has 0 saturated carbocycles. The van der Waals surface area contributed by atoms with Gasteiger partial charge in [-0.25, -0.2) is 4.39 Å². The number of benzene rings is 2. The zero-order valence-corrected chi connectivity index (χ0v) is 13.7. The Bertz CT molecular complexity index is 789. The fraction of sp³-hybridized carbons (Fsp3) is 0.133. The van der Waals surface area contributed by atoms with Crippen LogP contribution in [0.25, 0.3) is 5.69 Å². The minimum atomic E-state index is -0.339. The number of hydrogen-bond acceptors (Lipinski definition) is 5. The maximum Gasteiger partial charge on any atom is 0.214 e. The number of tetrazole rings is 1. The first-order valence-electron chi connectivity index (χ1n) is 6.67. The maximum absolute atomic E-state index is 13.8. The van der Waals surface area contributed by atoms with Crippen LogP contribution < -0.4 is 4.74 Å². The van der Waals surface area contributed by atoms with Crippen molar-refractivity contribution in [2.24, 2.45) is 0 Å². The monoisotopic (exact) mass is 350 g/mol. The molecule has 0 aliphatic heterocycles. The lowest BCUT2D eigenvalue weighted by Gasteiger charge is -2.07. The highest BCUT2D eigenvalue weighted by Gasteiger charge is 2.13. The molecule has 0 unspecified atom stereocenters. The first-order chi connectivity index (χ1) is 11.2. The molecule has 23 heavy (non-hydrogen) atoms. The van der Waals surface area contributed by atoms with Crippen LogP contribution in [-0.2, 0) is 5.75 Å². The fourth-order valence-corrected chi connectivity index (χ4v) is 3.20. The van der Waals surface area contributed by atoms with E-state index in [0.29, 0.717) is 21.5 Å². The number of thioether (sulfide) groups is 1. The summed E-state index contributed by atoms with van der Waals surface area (Å²) in [5, 5.41) is 12.6. The van der Waals surface area contributed by atoms with Gasteiger partial charge in [-0.05, 0) is 46.8 Å². The van der Waals surface area contributed by atoms with Crippen LogP contribution in [0.5, 0.6) is 5.75 Å². The maximum atomic E-state index is 13.8. The van der Waals surface area contributed by atoms with E-state index in [1.165, 1.54) is 17.8 Å². The van der Waals surface area contributed by atoms with Gasteiger partial charge in [0, 0.05) is 16.3 Å². The second kappa shape index (κ2) is 6.97. The first-order valence-corrected chi connectivity index (χ1v) is 8.04. The van der Waals surface area contributed by atoms with Crippen molar-refractivity contribution in [2.45, 2.75) is 10.9 Å². The lowest BCUT2D eigenvalue weighted by atomic mass is 10.2. The molecule has 0 bridgehead atoms. The molecule has 8 heteroatoms. The molecule has 3 aromatic rings. The lowest BCUT2D eigenvalue weighted by Crippen LogP contribution is -1.99. The van der Waals surface area contributed by atoms with Crippen molar-refractivity contribution in [3.05, 3.63) is 58.9 Å². The smallest absolute Gasteiger partial charge is 0.214 e. The molecule has 0 aliphatic carbocycles. The summed E-state index contributed by atoms with van der Waals surface area (Å²) in [5.74, 6) is 0.741. The van der Waals surface area contributed by atoms with Gasteiger partial charge < -0.3 is 4.74 Å². The van der Waals surface area contributed by atoms with Crippen molar-refractivity contribution in [3.8, 4) is 11.4 Å². The van der Waals surface area contributed by atoms with E-state index in [1.54, 1.807) is 23.9 Å². The van der Waals surface area contributed by atoms with E-state index in [0.717, 1.165) is 11.4 Å². The molecular weight excluding hydrogens is 339 g/mol. The molecule has 0 fully saturated rings. The molecule has 0 spiro atoms. The normalized spacial score (nSPS) is 10.7. The summed E-state index contributed by atoms with van der Waals surface area (Å²) >= 11 is 7.35. The summed E-state index contributed by atoms with van der Waals surface area (Å²) in [6.45, 7) is 0. The summed E-state index contributed by atoms with van der Waals surface area (Å²) in [6.07, 6.45) is 0. The van der Waals surface area contributed by atoms with E-state index in [-0.39, 0.29) is 5.82 Å². The predicted octanol–water partition coefficient (Wildman–Crippen LogP) is 3.76. The van der Waals surface area contributed by atoms with Gasteiger partial charge in [0.05, 0.1) is 12.8 Å². The first kappa shape index (κ1) is 15.8. The standard InChI is InChI=1S/C15H12ClFN4OS/c1-22-11-7-5-10(6-8-11)21-15(18-19-20-21)23-9-12-13(16)3-2-4-14(12)17/h2-8H,9H2,1H3. The zero-order chi connectivity index (χ0) is 16.2. The molecular formula is C15H12ClFN4OS. The summed E-state index contributed by atoms with van der Waals surface area (Å²) in [7, 11) is 1.60. The molecule has 0 amide bonds. The number of rotatable bonds is 5. The molecule has 118 valence electrons. The van der Waals surface area contributed by atoms with Gasteiger partial charge in [-0.1, -0.05) is 29.4 Å². The number of aromatic nitrogens is 4. The van der Waals surface area contributed by atoms with Crippen molar-refractivity contribution in [3.63, 3.8) is 0 Å². The van der Waals surface area contributed by atoms with Crippen molar-refractivity contribution < 1.29 is 9.13 Å². The Morgan fingerprint density at radius 2 is 2.00 bits per heavy atom. The topological polar surface area (TPSA) is 52.8 Å². The van der Waals surface area contributed by atoms with E-state index in [1.807, 2.05) is 24.3 Å². The highest BCUT2D eigenvalue weighted by atomic mass is 35.5. The molecule has 0 radical (unpaired) electrons. The van der Waals surface area contributed by atoms with E-state index in [4.69, 9.17) is 16.3 Å². The van der Waals surface area contributed by atoms with Crippen LogP contribution in [0.3, 0.4) is 0 Å². The third-order valence-corrected chi connectivity index (χ3v) is 4.47. The molecule has 1 aromatic heterocycles. The Balaban J connectivity index is 1.81. The van der Waals surface area contributed by atoms with Gasteiger partial charge in [0.1, 0.15) is 11.6 Å². The van der Waals surface area contributed by atoms with Crippen LogP contribution in [0.2, 0.25) is 5.02 Å². The average molecular weight is 351 g/mol. The SMILES string of the molecule is COc1ccc(-n2nnnc2SCc2c(F)cccc2Cl)cc1. The highest BCUT2D eigenvalue weighted by Crippen LogP contribution is 2.28. The summed E-state index contributed by atoms with van der Waals surface area (Å²) in [4.78, 5) is 0. The van der Waals surface area contributed by atoms with E-state index in [9.17, 15) is 4.39 Å². The van der Waals surface area contributed by atoms with Crippen molar-refractivity contribution in [1.82, 2.24) is 20.2 Å². The minimum absolute atomic E-state index is 0.335. The van der Waals surface area contributed by atoms with Crippen molar-refractivity contribution in [2.75, 3.05) is 7.11 Å². The van der Waals surface area contributed by atoms with E-state index in [2.05, 4.69) is 15.5 Å². The second-order valence-electron chi connectivity index (χ2n) is 4.56. The number of nitrogens with zero attached hydrogens (tertiary/aromatic N) is 4. The van der Waals surface area contributed by atoms with Crippen LogP contribution >= 0.6 is 23.4 Å². The van der Waals surface area contributed by atoms with Gasteiger partial charge in [-0.15, -0.1) is 5.10 Å². The average Bonchev–Trinajstić information content (AvgIpc) is 3.03.